The molecule has 0 spiro atoms. The van der Waals surface area contributed by atoms with Gasteiger partial charge in [-0.2, -0.15) is 10.4 Å². The molecule has 1 atom stereocenters. The van der Waals surface area contributed by atoms with Crippen LogP contribution in [0, 0.1) is 17.1 Å². The SMILES string of the molecule is COc1cccc2c1c(NS(=O)(=O)c1ccc(F)c(C#N)c1)nn2Cc1cccc(CNC(=O)[C@H]2COCCN2)c1. The van der Waals surface area contributed by atoms with E-state index in [2.05, 4.69) is 20.5 Å². The number of methoxy groups -OCH3 is 1. The normalized spacial score (nSPS) is 15.3. The Labute approximate surface area is 235 Å². The molecule has 0 unspecified atom stereocenters. The Kier molecular flexibility index (Phi) is 8.16. The zero-order chi connectivity index (χ0) is 29.0. The standard InChI is InChI=1S/C28H27FN6O5S/c1-39-25-7-3-6-24-26(25)27(34-41(37,38)21-8-9-22(29)20(13-21)14-30)33-35(24)16-19-5-2-4-18(12-19)15-32-28(36)23-17-40-11-10-31-23/h2-9,12-13,23,31H,10-11,15-17H2,1H3,(H,32,36)(H,33,34)/t23-/m1/s1. The van der Waals surface area contributed by atoms with Crippen LogP contribution in [-0.2, 0) is 32.6 Å². The molecule has 1 aliphatic heterocycles. The number of nitrogens with one attached hydrogen (secondary N) is 3. The lowest BCUT2D eigenvalue weighted by Crippen LogP contribution is -2.51. The van der Waals surface area contributed by atoms with Gasteiger partial charge in [-0.05, 0) is 41.5 Å². The molecule has 1 aliphatic rings. The number of aromatic nitrogens is 2. The molecule has 212 valence electrons. The zero-order valence-corrected chi connectivity index (χ0v) is 22.9. The van der Waals surface area contributed by atoms with Crippen molar-refractivity contribution in [3.05, 3.63) is 83.2 Å². The molecule has 1 saturated heterocycles. The fraction of sp³-hybridized carbons (Fsp3) is 0.250. The van der Waals surface area contributed by atoms with E-state index in [9.17, 15) is 17.6 Å². The van der Waals surface area contributed by atoms with Crippen molar-refractivity contribution in [2.24, 2.45) is 0 Å². The predicted molar refractivity (Wildman–Crippen MR) is 148 cm³/mol. The number of carbonyl (C=O) groups excluding carboxylic acids is 1. The molecule has 1 aromatic heterocycles. The van der Waals surface area contributed by atoms with Crippen molar-refractivity contribution >= 4 is 32.7 Å². The van der Waals surface area contributed by atoms with E-state index < -0.39 is 15.8 Å². The van der Waals surface area contributed by atoms with E-state index in [0.29, 0.717) is 49.5 Å². The monoisotopic (exact) mass is 578 g/mol. The van der Waals surface area contributed by atoms with E-state index in [4.69, 9.17) is 14.7 Å². The molecule has 1 amide bonds. The maximum absolute atomic E-state index is 13.8. The van der Waals surface area contributed by atoms with Crippen LogP contribution in [0.25, 0.3) is 10.9 Å². The molecular weight excluding hydrogens is 551 g/mol. The highest BCUT2D eigenvalue weighted by atomic mass is 32.2. The molecular formula is C28H27FN6O5S. The van der Waals surface area contributed by atoms with E-state index >= 15 is 0 Å². The van der Waals surface area contributed by atoms with Crippen LogP contribution in [0.4, 0.5) is 10.2 Å². The Hall–Kier alpha value is -4.51. The van der Waals surface area contributed by atoms with Crippen molar-refractivity contribution in [1.29, 1.82) is 5.26 Å². The number of anilines is 1. The van der Waals surface area contributed by atoms with Gasteiger partial charge in [0.1, 0.15) is 23.7 Å². The van der Waals surface area contributed by atoms with Gasteiger partial charge in [0.2, 0.25) is 5.91 Å². The van der Waals surface area contributed by atoms with Gasteiger partial charge in [-0.25, -0.2) is 12.8 Å². The molecule has 3 N–H and O–H groups in total. The smallest absolute Gasteiger partial charge is 0.263 e. The van der Waals surface area contributed by atoms with Crippen molar-refractivity contribution in [3.63, 3.8) is 0 Å². The number of sulfonamides is 1. The van der Waals surface area contributed by atoms with Gasteiger partial charge >= 0.3 is 0 Å². The second-order valence-corrected chi connectivity index (χ2v) is 11.0. The number of morpholine rings is 1. The topological polar surface area (TPSA) is 147 Å². The first-order chi connectivity index (χ1) is 19.8. The molecule has 0 radical (unpaired) electrons. The Morgan fingerprint density at radius 2 is 2.02 bits per heavy atom. The van der Waals surface area contributed by atoms with Crippen LogP contribution < -0.4 is 20.1 Å². The Morgan fingerprint density at radius 3 is 2.78 bits per heavy atom. The first-order valence-corrected chi connectivity index (χ1v) is 14.2. The second-order valence-electron chi connectivity index (χ2n) is 9.34. The third-order valence-corrected chi connectivity index (χ3v) is 7.92. The Bertz CT molecular complexity index is 1740. The van der Waals surface area contributed by atoms with Gasteiger partial charge < -0.3 is 20.1 Å². The van der Waals surface area contributed by atoms with Gasteiger partial charge in [0.25, 0.3) is 10.0 Å². The van der Waals surface area contributed by atoms with E-state index in [1.54, 1.807) is 29.0 Å². The van der Waals surface area contributed by atoms with Crippen LogP contribution in [0.3, 0.4) is 0 Å². The zero-order valence-electron chi connectivity index (χ0n) is 22.1. The van der Waals surface area contributed by atoms with Crippen LogP contribution in [0.5, 0.6) is 5.75 Å². The fourth-order valence-corrected chi connectivity index (χ4v) is 5.60. The van der Waals surface area contributed by atoms with Crippen molar-refractivity contribution in [2.45, 2.75) is 24.0 Å². The van der Waals surface area contributed by atoms with Gasteiger partial charge in [0, 0.05) is 13.1 Å². The number of fused-ring (bicyclic) bond motifs is 1. The lowest BCUT2D eigenvalue weighted by molar-refractivity contribution is -0.126. The number of benzene rings is 3. The van der Waals surface area contributed by atoms with Crippen molar-refractivity contribution in [3.8, 4) is 11.8 Å². The summed E-state index contributed by atoms with van der Waals surface area (Å²) in [6.07, 6.45) is 0. The van der Waals surface area contributed by atoms with Gasteiger partial charge in [0.05, 0.1) is 48.2 Å². The highest BCUT2D eigenvalue weighted by Gasteiger charge is 2.23. The van der Waals surface area contributed by atoms with Gasteiger partial charge in [-0.15, -0.1) is 0 Å². The number of ether oxygens (including phenoxy) is 2. The van der Waals surface area contributed by atoms with Crippen LogP contribution in [-0.4, -0.2) is 57.0 Å². The Morgan fingerprint density at radius 1 is 1.22 bits per heavy atom. The number of hydrogen-bond acceptors (Lipinski definition) is 8. The number of nitriles is 1. The summed E-state index contributed by atoms with van der Waals surface area (Å²) in [5.74, 6) is -0.532. The predicted octanol–water partition coefficient (Wildman–Crippen LogP) is 2.51. The molecule has 41 heavy (non-hydrogen) atoms. The molecule has 5 rings (SSSR count). The molecule has 13 heteroatoms. The van der Waals surface area contributed by atoms with Gasteiger partial charge in [0.15, 0.2) is 5.82 Å². The summed E-state index contributed by atoms with van der Waals surface area (Å²) < 4.78 is 55.2. The van der Waals surface area contributed by atoms with E-state index in [0.717, 1.165) is 29.3 Å². The van der Waals surface area contributed by atoms with Gasteiger partial charge in [-0.1, -0.05) is 30.3 Å². The largest absolute Gasteiger partial charge is 0.496 e. The van der Waals surface area contributed by atoms with E-state index in [1.807, 2.05) is 24.3 Å². The number of halogens is 1. The first kappa shape index (κ1) is 28.0. The van der Waals surface area contributed by atoms with Crippen LogP contribution >= 0.6 is 0 Å². The van der Waals surface area contributed by atoms with Crippen molar-refractivity contribution in [2.75, 3.05) is 31.6 Å². The minimum absolute atomic E-state index is 0.0194. The number of carbonyl (C=O) groups is 1. The lowest BCUT2D eigenvalue weighted by atomic mass is 10.1. The van der Waals surface area contributed by atoms with Crippen LogP contribution in [0.15, 0.2) is 65.6 Å². The third-order valence-electron chi connectivity index (χ3n) is 6.59. The summed E-state index contributed by atoms with van der Waals surface area (Å²) >= 11 is 0. The molecule has 2 heterocycles. The molecule has 11 nitrogen and oxygen atoms in total. The highest BCUT2D eigenvalue weighted by molar-refractivity contribution is 7.92. The first-order valence-electron chi connectivity index (χ1n) is 12.7. The number of hydrogen-bond donors (Lipinski definition) is 3. The molecule has 4 aromatic rings. The quantitative estimate of drug-likeness (QED) is 0.275. The Balaban J connectivity index is 1.41. The third kappa shape index (κ3) is 6.14. The van der Waals surface area contributed by atoms with E-state index in [1.165, 1.54) is 7.11 Å². The average molecular weight is 579 g/mol. The van der Waals surface area contributed by atoms with E-state index in [-0.39, 0.29) is 28.2 Å². The summed E-state index contributed by atoms with van der Waals surface area (Å²) in [7, 11) is -2.76. The summed E-state index contributed by atoms with van der Waals surface area (Å²) in [5, 5.41) is 20.2. The average Bonchev–Trinajstić information content (AvgIpc) is 3.32. The summed E-state index contributed by atoms with van der Waals surface area (Å²) in [6, 6.07) is 17.1. The van der Waals surface area contributed by atoms with Gasteiger partial charge in [-0.3, -0.25) is 14.2 Å². The molecule has 0 bridgehead atoms. The molecule has 3 aromatic carbocycles. The fourth-order valence-electron chi connectivity index (χ4n) is 4.56. The number of nitrogens with zero attached hydrogens (tertiary/aromatic N) is 3. The highest BCUT2D eigenvalue weighted by Crippen LogP contribution is 2.34. The maximum Gasteiger partial charge on any atom is 0.263 e. The number of rotatable bonds is 9. The number of amides is 1. The minimum atomic E-state index is -4.22. The summed E-state index contributed by atoms with van der Waals surface area (Å²) in [6.45, 7) is 2.15. The van der Waals surface area contributed by atoms with Crippen molar-refractivity contribution in [1.82, 2.24) is 20.4 Å². The molecule has 1 fully saturated rings. The minimum Gasteiger partial charge on any atom is -0.496 e. The summed E-state index contributed by atoms with van der Waals surface area (Å²) in [5.41, 5.74) is 1.98. The van der Waals surface area contributed by atoms with Crippen LogP contribution in [0.2, 0.25) is 0 Å². The molecule has 0 saturated carbocycles. The van der Waals surface area contributed by atoms with Crippen molar-refractivity contribution < 1.29 is 27.1 Å². The molecule has 0 aliphatic carbocycles. The second kappa shape index (κ2) is 11.9. The summed E-state index contributed by atoms with van der Waals surface area (Å²) in [4.78, 5) is 12.2. The maximum atomic E-state index is 13.8. The van der Waals surface area contributed by atoms with Crippen LogP contribution in [0.1, 0.15) is 16.7 Å². The lowest BCUT2D eigenvalue weighted by Gasteiger charge is -2.22.